The Kier molecular flexibility index (Phi) is 2.42. The van der Waals surface area contributed by atoms with Crippen LogP contribution in [0.25, 0.3) is 5.57 Å². The van der Waals surface area contributed by atoms with Gasteiger partial charge in [-0.1, -0.05) is 29.8 Å². The van der Waals surface area contributed by atoms with Crippen molar-refractivity contribution in [2.45, 2.75) is 13.8 Å². The summed E-state index contributed by atoms with van der Waals surface area (Å²) in [6.45, 7) is 3.75. The third-order valence-electron chi connectivity index (χ3n) is 1.64. The van der Waals surface area contributed by atoms with Crippen molar-refractivity contribution in [3.8, 4) is 0 Å². The molecule has 0 aliphatic carbocycles. The van der Waals surface area contributed by atoms with E-state index in [0.717, 1.165) is 11.1 Å². The number of rotatable bonds is 1. The van der Waals surface area contributed by atoms with Gasteiger partial charge in [-0.2, -0.15) is 0 Å². The highest BCUT2D eigenvalue weighted by molar-refractivity contribution is 5.62. The summed E-state index contributed by atoms with van der Waals surface area (Å²) in [7, 11) is 0. The van der Waals surface area contributed by atoms with Gasteiger partial charge in [-0.05, 0) is 25.0 Å². The Hall–Kier alpha value is -1.11. The lowest BCUT2D eigenvalue weighted by Gasteiger charge is -1.99. The van der Waals surface area contributed by atoms with Crippen LogP contribution in [-0.4, -0.2) is 0 Å². The smallest absolute Gasteiger partial charge is 0.0902 e. The lowest BCUT2D eigenvalue weighted by atomic mass is 10.1. The van der Waals surface area contributed by atoms with Crippen LogP contribution in [0.3, 0.4) is 0 Å². The molecule has 0 aliphatic heterocycles. The van der Waals surface area contributed by atoms with Crippen LogP contribution in [0, 0.1) is 6.92 Å². The standard InChI is InChI=1S/C10H11F/c1-8-4-3-5-10(6-8)9(2)7-11/h3-7H,1-2H3/b9-7+. The van der Waals surface area contributed by atoms with Gasteiger partial charge in [0.25, 0.3) is 0 Å². The Morgan fingerprint density at radius 1 is 1.45 bits per heavy atom. The normalized spacial score (nSPS) is 11.7. The Morgan fingerprint density at radius 2 is 2.18 bits per heavy atom. The minimum atomic E-state index is 0.634. The van der Waals surface area contributed by atoms with E-state index in [9.17, 15) is 4.39 Å². The summed E-state index contributed by atoms with van der Waals surface area (Å²) < 4.78 is 12.0. The van der Waals surface area contributed by atoms with Crippen molar-refractivity contribution >= 4 is 5.57 Å². The molecule has 1 rings (SSSR count). The fraction of sp³-hybridized carbons (Fsp3) is 0.200. The molecule has 0 heterocycles. The second-order valence-electron chi connectivity index (χ2n) is 2.66. The number of benzene rings is 1. The Labute approximate surface area is 66.4 Å². The number of hydrogen-bond acceptors (Lipinski definition) is 0. The molecular weight excluding hydrogens is 139 g/mol. The molecule has 1 heteroatoms. The molecule has 0 fully saturated rings. The van der Waals surface area contributed by atoms with Gasteiger partial charge in [-0.25, -0.2) is 4.39 Å². The fourth-order valence-corrected chi connectivity index (χ4v) is 0.953. The molecule has 0 atom stereocenters. The van der Waals surface area contributed by atoms with E-state index in [1.165, 1.54) is 0 Å². The molecule has 58 valence electrons. The zero-order valence-electron chi connectivity index (χ0n) is 6.76. The van der Waals surface area contributed by atoms with Gasteiger partial charge in [-0.3, -0.25) is 0 Å². The molecule has 0 N–H and O–H groups in total. The van der Waals surface area contributed by atoms with Crippen LogP contribution in [-0.2, 0) is 0 Å². The van der Waals surface area contributed by atoms with Crippen molar-refractivity contribution in [1.29, 1.82) is 0 Å². The van der Waals surface area contributed by atoms with Crippen molar-refractivity contribution in [2.24, 2.45) is 0 Å². The first-order valence-electron chi connectivity index (χ1n) is 3.58. The Balaban J connectivity index is 3.06. The van der Waals surface area contributed by atoms with Gasteiger partial charge < -0.3 is 0 Å². The second-order valence-corrected chi connectivity index (χ2v) is 2.66. The van der Waals surface area contributed by atoms with Gasteiger partial charge in [0.05, 0.1) is 6.33 Å². The topological polar surface area (TPSA) is 0 Å². The van der Waals surface area contributed by atoms with Crippen molar-refractivity contribution in [3.05, 3.63) is 41.7 Å². The van der Waals surface area contributed by atoms with Crippen LogP contribution < -0.4 is 0 Å². The van der Waals surface area contributed by atoms with Crippen LogP contribution in [0.5, 0.6) is 0 Å². The summed E-state index contributed by atoms with van der Waals surface area (Å²) in [4.78, 5) is 0. The average Bonchev–Trinajstić information content (AvgIpc) is 2.03. The van der Waals surface area contributed by atoms with Crippen molar-refractivity contribution in [2.75, 3.05) is 0 Å². The molecule has 0 aliphatic rings. The van der Waals surface area contributed by atoms with E-state index < -0.39 is 0 Å². The van der Waals surface area contributed by atoms with Gasteiger partial charge in [0, 0.05) is 0 Å². The minimum Gasteiger partial charge on any atom is -0.215 e. The maximum absolute atomic E-state index is 12.0. The van der Waals surface area contributed by atoms with E-state index in [1.807, 2.05) is 31.2 Å². The molecule has 0 amide bonds. The highest BCUT2D eigenvalue weighted by atomic mass is 19.1. The predicted octanol–water partition coefficient (Wildman–Crippen LogP) is 3.33. The van der Waals surface area contributed by atoms with Gasteiger partial charge in [0.1, 0.15) is 0 Å². The highest BCUT2D eigenvalue weighted by Crippen LogP contribution is 2.14. The molecular formula is C10H11F. The van der Waals surface area contributed by atoms with Crippen LogP contribution in [0.1, 0.15) is 18.1 Å². The first-order chi connectivity index (χ1) is 5.24. The number of aryl methyl sites for hydroxylation is 1. The summed E-state index contributed by atoms with van der Waals surface area (Å²) in [5, 5.41) is 0. The van der Waals surface area contributed by atoms with Crippen LogP contribution in [0.15, 0.2) is 30.6 Å². The Morgan fingerprint density at radius 3 is 2.73 bits per heavy atom. The van der Waals surface area contributed by atoms with Crippen LogP contribution in [0.2, 0.25) is 0 Å². The lowest BCUT2D eigenvalue weighted by Crippen LogP contribution is -1.79. The summed E-state index contributed by atoms with van der Waals surface area (Å²) >= 11 is 0. The quantitative estimate of drug-likeness (QED) is 0.576. The van der Waals surface area contributed by atoms with Crippen molar-refractivity contribution in [3.63, 3.8) is 0 Å². The lowest BCUT2D eigenvalue weighted by molar-refractivity contribution is 0.723. The van der Waals surface area contributed by atoms with E-state index in [4.69, 9.17) is 0 Å². The molecule has 0 nitrogen and oxygen atoms in total. The van der Waals surface area contributed by atoms with Crippen molar-refractivity contribution < 1.29 is 4.39 Å². The maximum atomic E-state index is 12.0. The van der Waals surface area contributed by atoms with Gasteiger partial charge in [0.2, 0.25) is 0 Å². The molecule has 0 aromatic heterocycles. The average molecular weight is 150 g/mol. The molecule has 0 bridgehead atoms. The van der Waals surface area contributed by atoms with Gasteiger partial charge in [0.15, 0.2) is 0 Å². The van der Waals surface area contributed by atoms with Crippen LogP contribution in [0.4, 0.5) is 4.39 Å². The summed E-state index contributed by atoms with van der Waals surface area (Å²) in [6.07, 6.45) is 0.634. The number of halogens is 1. The molecule has 0 saturated heterocycles. The third kappa shape index (κ3) is 1.90. The molecule has 11 heavy (non-hydrogen) atoms. The maximum Gasteiger partial charge on any atom is 0.0902 e. The van der Waals surface area contributed by atoms with Crippen molar-refractivity contribution in [1.82, 2.24) is 0 Å². The number of allylic oxidation sites excluding steroid dienone is 1. The molecule has 0 spiro atoms. The van der Waals surface area contributed by atoms with E-state index >= 15 is 0 Å². The zero-order chi connectivity index (χ0) is 8.27. The molecule has 1 aromatic carbocycles. The first-order valence-corrected chi connectivity index (χ1v) is 3.58. The monoisotopic (exact) mass is 150 g/mol. The van der Waals surface area contributed by atoms with E-state index in [2.05, 4.69) is 0 Å². The predicted molar refractivity (Wildman–Crippen MR) is 45.9 cm³/mol. The highest BCUT2D eigenvalue weighted by Gasteiger charge is 1.93. The third-order valence-corrected chi connectivity index (χ3v) is 1.64. The van der Waals surface area contributed by atoms with E-state index in [0.29, 0.717) is 11.9 Å². The molecule has 0 radical (unpaired) electrons. The number of hydrogen-bond donors (Lipinski definition) is 0. The molecule has 0 unspecified atom stereocenters. The largest absolute Gasteiger partial charge is 0.215 e. The molecule has 0 saturated carbocycles. The van der Waals surface area contributed by atoms with Gasteiger partial charge in [-0.15, -0.1) is 0 Å². The van der Waals surface area contributed by atoms with E-state index in [1.54, 1.807) is 6.92 Å². The molecule has 1 aromatic rings. The van der Waals surface area contributed by atoms with Crippen LogP contribution >= 0.6 is 0 Å². The summed E-state index contributed by atoms with van der Waals surface area (Å²) in [5.41, 5.74) is 2.78. The summed E-state index contributed by atoms with van der Waals surface area (Å²) in [5.74, 6) is 0. The second kappa shape index (κ2) is 3.33. The Bertz CT molecular complexity index is 274. The van der Waals surface area contributed by atoms with E-state index in [-0.39, 0.29) is 0 Å². The SMILES string of the molecule is C/C(=C\F)c1cccc(C)c1. The van der Waals surface area contributed by atoms with Gasteiger partial charge >= 0.3 is 0 Å². The minimum absolute atomic E-state index is 0.634. The zero-order valence-corrected chi connectivity index (χ0v) is 6.76. The fourth-order valence-electron chi connectivity index (χ4n) is 0.953. The first kappa shape index (κ1) is 7.99. The summed E-state index contributed by atoms with van der Waals surface area (Å²) in [6, 6.07) is 7.79.